The van der Waals surface area contributed by atoms with Crippen molar-refractivity contribution in [1.29, 1.82) is 0 Å². The van der Waals surface area contributed by atoms with Crippen molar-refractivity contribution in [2.75, 3.05) is 0 Å². The van der Waals surface area contributed by atoms with E-state index in [2.05, 4.69) is 44.2 Å². The fraction of sp³-hybridized carbons (Fsp3) is 0.529. The van der Waals surface area contributed by atoms with Crippen LogP contribution < -0.4 is 0 Å². The number of hydrogen-bond acceptors (Lipinski definition) is 0. The summed E-state index contributed by atoms with van der Waals surface area (Å²) in [5.74, 6) is 0.798. The van der Waals surface area contributed by atoms with Crippen LogP contribution in [0.3, 0.4) is 0 Å². The van der Waals surface area contributed by atoms with E-state index in [0.29, 0.717) is 0 Å². The number of hydrogen-bond donors (Lipinski definition) is 0. The largest absolute Gasteiger partial charge is 0.0836 e. The van der Waals surface area contributed by atoms with E-state index in [1.165, 1.54) is 36.8 Å². The minimum absolute atomic E-state index is 0.798. The molecule has 0 fully saturated rings. The zero-order valence-electron chi connectivity index (χ0n) is 11.8. The normalized spacial score (nSPS) is 14.6. The van der Waals surface area contributed by atoms with Crippen LogP contribution in [-0.4, -0.2) is 0 Å². The molecule has 0 nitrogen and oxygen atoms in total. The molecule has 1 aliphatic rings. The molecule has 0 heteroatoms. The molecule has 0 radical (unpaired) electrons. The molecule has 0 spiro atoms. The van der Waals surface area contributed by atoms with Gasteiger partial charge in [0.15, 0.2) is 0 Å². The summed E-state index contributed by atoms with van der Waals surface area (Å²) in [6.07, 6.45) is 9.55. The summed E-state index contributed by atoms with van der Waals surface area (Å²) in [5.41, 5.74) is 4.58. The fourth-order valence-electron chi connectivity index (χ4n) is 2.24. The highest BCUT2D eigenvalue weighted by Gasteiger charge is 2.10. The Morgan fingerprint density at radius 2 is 2.00 bits per heavy atom. The van der Waals surface area contributed by atoms with Gasteiger partial charge in [0.05, 0.1) is 0 Å². The maximum absolute atomic E-state index is 2.34. The van der Waals surface area contributed by atoms with Gasteiger partial charge >= 0.3 is 0 Å². The second kappa shape index (κ2) is 7.32. The Morgan fingerprint density at radius 3 is 2.71 bits per heavy atom. The first-order chi connectivity index (χ1) is 8.31. The number of fused-ring (bicyclic) bond motifs is 1. The summed E-state index contributed by atoms with van der Waals surface area (Å²) in [5, 5.41) is 0. The van der Waals surface area contributed by atoms with Crippen LogP contribution in [0.4, 0.5) is 0 Å². The first-order valence-electron chi connectivity index (χ1n) is 7.08. The summed E-state index contributed by atoms with van der Waals surface area (Å²) in [7, 11) is 0. The first-order valence-corrected chi connectivity index (χ1v) is 7.08. The van der Waals surface area contributed by atoms with Crippen molar-refractivity contribution < 1.29 is 0 Å². The lowest BCUT2D eigenvalue weighted by Gasteiger charge is -2.17. The molecule has 0 amide bonds. The molecular formula is C17H26. The SMILES string of the molecule is CC.CCC(C)Cc1cccc2c1C=CCC2. The lowest BCUT2D eigenvalue weighted by Crippen LogP contribution is -2.03. The van der Waals surface area contributed by atoms with E-state index in [9.17, 15) is 0 Å². The molecule has 0 aliphatic heterocycles. The van der Waals surface area contributed by atoms with Crippen molar-refractivity contribution >= 4 is 6.08 Å². The lowest BCUT2D eigenvalue weighted by atomic mass is 9.88. The van der Waals surface area contributed by atoms with Gasteiger partial charge in [0.1, 0.15) is 0 Å². The molecule has 1 unspecified atom stereocenters. The zero-order chi connectivity index (χ0) is 12.7. The van der Waals surface area contributed by atoms with Crippen molar-refractivity contribution in [3.8, 4) is 0 Å². The van der Waals surface area contributed by atoms with Crippen LogP contribution in [0.5, 0.6) is 0 Å². The second-order valence-electron chi connectivity index (χ2n) is 4.65. The third-order valence-electron chi connectivity index (χ3n) is 3.42. The highest BCUT2D eigenvalue weighted by molar-refractivity contribution is 5.60. The third-order valence-corrected chi connectivity index (χ3v) is 3.42. The Bertz CT molecular complexity index is 360. The molecule has 1 aliphatic carbocycles. The maximum atomic E-state index is 2.34. The van der Waals surface area contributed by atoms with Crippen LogP contribution in [0.1, 0.15) is 57.2 Å². The second-order valence-corrected chi connectivity index (χ2v) is 4.65. The predicted octanol–water partition coefficient (Wildman–Crippen LogP) is 5.26. The van der Waals surface area contributed by atoms with Gasteiger partial charge < -0.3 is 0 Å². The number of rotatable bonds is 3. The summed E-state index contributed by atoms with van der Waals surface area (Å²) in [4.78, 5) is 0. The zero-order valence-corrected chi connectivity index (χ0v) is 11.8. The summed E-state index contributed by atoms with van der Waals surface area (Å²) in [6.45, 7) is 8.61. The monoisotopic (exact) mass is 230 g/mol. The number of allylic oxidation sites excluding steroid dienone is 1. The quantitative estimate of drug-likeness (QED) is 0.664. The Labute approximate surface area is 107 Å². The van der Waals surface area contributed by atoms with E-state index in [0.717, 1.165) is 5.92 Å². The smallest absolute Gasteiger partial charge is 0.0195 e. The Hall–Kier alpha value is -1.04. The van der Waals surface area contributed by atoms with E-state index in [-0.39, 0.29) is 0 Å². The highest BCUT2D eigenvalue weighted by Crippen LogP contribution is 2.25. The van der Waals surface area contributed by atoms with E-state index >= 15 is 0 Å². The molecule has 17 heavy (non-hydrogen) atoms. The van der Waals surface area contributed by atoms with Gasteiger partial charge in [-0.1, -0.05) is 64.5 Å². The Kier molecular flexibility index (Phi) is 6.04. The molecule has 0 aromatic heterocycles. The highest BCUT2D eigenvalue weighted by atomic mass is 14.1. The molecule has 94 valence electrons. The first kappa shape index (κ1) is 14.0. The molecule has 1 aromatic carbocycles. The van der Waals surface area contributed by atoms with Crippen molar-refractivity contribution in [3.05, 3.63) is 41.0 Å². The minimum atomic E-state index is 0.798. The molecule has 0 bridgehead atoms. The molecule has 0 N–H and O–H groups in total. The van der Waals surface area contributed by atoms with Crippen LogP contribution in [0.2, 0.25) is 0 Å². The van der Waals surface area contributed by atoms with Crippen LogP contribution >= 0.6 is 0 Å². The van der Waals surface area contributed by atoms with Crippen molar-refractivity contribution in [2.45, 2.75) is 53.4 Å². The van der Waals surface area contributed by atoms with Gasteiger partial charge in [-0.3, -0.25) is 0 Å². The molecule has 1 aromatic rings. The standard InChI is InChI=1S/C15H20.C2H6/c1-3-12(2)11-14-9-6-8-13-7-4-5-10-15(13)14;1-2/h5-6,8-10,12H,3-4,7,11H2,1-2H3;1-2H3. The van der Waals surface area contributed by atoms with Crippen LogP contribution in [-0.2, 0) is 12.8 Å². The lowest BCUT2D eigenvalue weighted by molar-refractivity contribution is 0.559. The van der Waals surface area contributed by atoms with Gasteiger partial charge in [-0.15, -0.1) is 0 Å². The molecule has 0 saturated carbocycles. The van der Waals surface area contributed by atoms with Crippen LogP contribution in [0, 0.1) is 5.92 Å². The average Bonchev–Trinajstić information content (AvgIpc) is 2.41. The Balaban J connectivity index is 0.000000686. The predicted molar refractivity (Wildman–Crippen MR) is 78.3 cm³/mol. The van der Waals surface area contributed by atoms with Crippen molar-refractivity contribution in [3.63, 3.8) is 0 Å². The summed E-state index contributed by atoms with van der Waals surface area (Å²) >= 11 is 0. The van der Waals surface area contributed by atoms with Gasteiger partial charge in [0.2, 0.25) is 0 Å². The van der Waals surface area contributed by atoms with Crippen molar-refractivity contribution in [1.82, 2.24) is 0 Å². The molecule has 0 heterocycles. The number of aryl methyl sites for hydroxylation is 1. The molecule has 2 rings (SSSR count). The van der Waals surface area contributed by atoms with Gasteiger partial charge in [-0.05, 0) is 41.9 Å². The third kappa shape index (κ3) is 3.73. The van der Waals surface area contributed by atoms with Gasteiger partial charge in [-0.25, -0.2) is 0 Å². The van der Waals surface area contributed by atoms with E-state index < -0.39 is 0 Å². The molecule has 1 atom stereocenters. The van der Waals surface area contributed by atoms with Gasteiger partial charge in [0, 0.05) is 0 Å². The molecule has 0 saturated heterocycles. The Morgan fingerprint density at radius 1 is 1.24 bits per heavy atom. The molecular weight excluding hydrogens is 204 g/mol. The fourth-order valence-corrected chi connectivity index (χ4v) is 2.24. The maximum Gasteiger partial charge on any atom is -0.0195 e. The van der Waals surface area contributed by atoms with Gasteiger partial charge in [-0.2, -0.15) is 0 Å². The topological polar surface area (TPSA) is 0 Å². The summed E-state index contributed by atoms with van der Waals surface area (Å²) < 4.78 is 0. The van der Waals surface area contributed by atoms with Gasteiger partial charge in [0.25, 0.3) is 0 Å². The summed E-state index contributed by atoms with van der Waals surface area (Å²) in [6, 6.07) is 6.79. The van der Waals surface area contributed by atoms with E-state index in [1.807, 2.05) is 13.8 Å². The van der Waals surface area contributed by atoms with E-state index in [4.69, 9.17) is 0 Å². The average molecular weight is 230 g/mol. The number of benzene rings is 1. The van der Waals surface area contributed by atoms with Crippen LogP contribution in [0.25, 0.3) is 6.08 Å². The van der Waals surface area contributed by atoms with E-state index in [1.54, 1.807) is 5.56 Å². The minimum Gasteiger partial charge on any atom is -0.0836 e. The van der Waals surface area contributed by atoms with Crippen molar-refractivity contribution in [2.24, 2.45) is 5.92 Å². The van der Waals surface area contributed by atoms with Crippen LogP contribution in [0.15, 0.2) is 24.3 Å².